The van der Waals surface area contributed by atoms with Gasteiger partial charge >= 0.3 is 0 Å². The zero-order chi connectivity index (χ0) is 17.6. The van der Waals surface area contributed by atoms with Crippen molar-refractivity contribution in [2.24, 2.45) is 5.10 Å². The van der Waals surface area contributed by atoms with Gasteiger partial charge in [-0.1, -0.05) is 24.3 Å². The average molecular weight is 351 g/mol. The number of hydrogen-bond donors (Lipinski definition) is 3. The minimum absolute atomic E-state index is 0.506. The van der Waals surface area contributed by atoms with E-state index in [1.54, 1.807) is 0 Å². The summed E-state index contributed by atoms with van der Waals surface area (Å²) in [5.41, 5.74) is 8.05. The van der Waals surface area contributed by atoms with E-state index in [1.165, 1.54) is 10.9 Å². The Hall–Kier alpha value is -2.73. The molecule has 0 saturated carbocycles. The Balaban J connectivity index is 1.49. The number of nitrogens with one attached hydrogen (secondary N) is 3. The third kappa shape index (κ3) is 4.42. The molecule has 0 aliphatic rings. The van der Waals surface area contributed by atoms with Crippen LogP contribution in [-0.4, -0.2) is 27.3 Å². The number of hydrazone groups is 1. The Morgan fingerprint density at radius 1 is 1.24 bits per heavy atom. The fraction of sp³-hybridized carbons (Fsp3) is 0.211. The van der Waals surface area contributed by atoms with Crippen LogP contribution in [0.3, 0.4) is 0 Å². The first-order chi connectivity index (χ1) is 12.1. The summed E-state index contributed by atoms with van der Waals surface area (Å²) in [5, 5.41) is 9.22. The maximum Gasteiger partial charge on any atom is 0.186 e. The van der Waals surface area contributed by atoms with Crippen molar-refractivity contribution >= 4 is 33.9 Å². The zero-order valence-corrected chi connectivity index (χ0v) is 15.2. The van der Waals surface area contributed by atoms with E-state index in [1.807, 2.05) is 44.4 Å². The molecule has 25 heavy (non-hydrogen) atoms. The number of pyridine rings is 1. The standard InChI is InChI=1S/C19H21N5S/c1-13-7-8-17(21-11-13)14(2)23-24-19(25)20-10-9-15-12-22-18-6-4-3-5-16(15)18/h3-8,11-12,22H,9-10H2,1-2H3,(H2,20,24,25)/b23-14+. The number of hydrogen-bond acceptors (Lipinski definition) is 3. The predicted octanol–water partition coefficient (Wildman–Crippen LogP) is 3.30. The van der Waals surface area contributed by atoms with Gasteiger partial charge in [-0.25, -0.2) is 0 Å². The van der Waals surface area contributed by atoms with Gasteiger partial charge in [0.15, 0.2) is 5.11 Å². The molecule has 0 unspecified atom stereocenters. The third-order valence-corrected chi connectivity index (χ3v) is 4.20. The highest BCUT2D eigenvalue weighted by Crippen LogP contribution is 2.17. The summed E-state index contributed by atoms with van der Waals surface area (Å²) < 4.78 is 0. The number of fused-ring (bicyclic) bond motifs is 1. The number of H-pyrrole nitrogens is 1. The average Bonchev–Trinajstić information content (AvgIpc) is 3.04. The first-order valence-corrected chi connectivity index (χ1v) is 8.60. The van der Waals surface area contributed by atoms with E-state index in [2.05, 4.69) is 44.0 Å². The number of para-hydroxylation sites is 1. The molecule has 0 amide bonds. The van der Waals surface area contributed by atoms with Crippen LogP contribution >= 0.6 is 12.2 Å². The lowest BCUT2D eigenvalue weighted by Gasteiger charge is -2.08. The Labute approximate surface area is 152 Å². The van der Waals surface area contributed by atoms with Gasteiger partial charge in [0, 0.05) is 29.8 Å². The first-order valence-electron chi connectivity index (χ1n) is 8.19. The number of benzene rings is 1. The molecule has 0 aliphatic heterocycles. The van der Waals surface area contributed by atoms with Crippen molar-refractivity contribution in [2.45, 2.75) is 20.3 Å². The molecule has 0 saturated heterocycles. The van der Waals surface area contributed by atoms with E-state index < -0.39 is 0 Å². The summed E-state index contributed by atoms with van der Waals surface area (Å²) >= 11 is 5.28. The summed E-state index contributed by atoms with van der Waals surface area (Å²) in [5.74, 6) is 0. The molecule has 3 N–H and O–H groups in total. The van der Waals surface area contributed by atoms with Gasteiger partial charge in [0.05, 0.1) is 11.4 Å². The fourth-order valence-electron chi connectivity index (χ4n) is 2.56. The highest BCUT2D eigenvalue weighted by Gasteiger charge is 2.03. The molecular formula is C19H21N5S. The van der Waals surface area contributed by atoms with Gasteiger partial charge in [-0.05, 0) is 55.7 Å². The minimum atomic E-state index is 0.506. The van der Waals surface area contributed by atoms with Gasteiger partial charge < -0.3 is 10.3 Å². The second-order valence-corrected chi connectivity index (χ2v) is 6.30. The quantitative estimate of drug-likeness (QED) is 0.375. The lowest BCUT2D eigenvalue weighted by Crippen LogP contribution is -2.34. The minimum Gasteiger partial charge on any atom is -0.361 e. The molecule has 0 spiro atoms. The molecule has 0 aliphatic carbocycles. The van der Waals surface area contributed by atoms with Crippen molar-refractivity contribution in [1.29, 1.82) is 0 Å². The van der Waals surface area contributed by atoms with Crippen LogP contribution in [0.4, 0.5) is 0 Å². The smallest absolute Gasteiger partial charge is 0.186 e. The summed E-state index contributed by atoms with van der Waals surface area (Å²) in [6, 6.07) is 12.2. The number of aryl methyl sites for hydroxylation is 1. The van der Waals surface area contributed by atoms with Gasteiger partial charge in [-0.3, -0.25) is 10.4 Å². The van der Waals surface area contributed by atoms with Crippen molar-refractivity contribution in [3.63, 3.8) is 0 Å². The van der Waals surface area contributed by atoms with Crippen LogP contribution in [0, 0.1) is 6.92 Å². The normalized spacial score (nSPS) is 11.5. The van der Waals surface area contributed by atoms with Crippen LogP contribution < -0.4 is 10.7 Å². The van der Waals surface area contributed by atoms with E-state index in [0.29, 0.717) is 5.11 Å². The van der Waals surface area contributed by atoms with E-state index in [0.717, 1.165) is 35.5 Å². The third-order valence-electron chi connectivity index (χ3n) is 3.96. The highest BCUT2D eigenvalue weighted by molar-refractivity contribution is 7.80. The van der Waals surface area contributed by atoms with E-state index in [4.69, 9.17) is 12.2 Å². The van der Waals surface area contributed by atoms with Gasteiger partial charge in [0.2, 0.25) is 0 Å². The predicted molar refractivity (Wildman–Crippen MR) is 107 cm³/mol. The molecule has 5 nitrogen and oxygen atoms in total. The van der Waals surface area contributed by atoms with Crippen molar-refractivity contribution in [1.82, 2.24) is 20.7 Å². The summed E-state index contributed by atoms with van der Waals surface area (Å²) in [7, 11) is 0. The number of nitrogens with zero attached hydrogens (tertiary/aromatic N) is 2. The molecule has 0 bridgehead atoms. The van der Waals surface area contributed by atoms with Gasteiger partial charge in [0.25, 0.3) is 0 Å². The molecule has 1 aromatic carbocycles. The molecule has 128 valence electrons. The highest BCUT2D eigenvalue weighted by atomic mass is 32.1. The monoisotopic (exact) mass is 351 g/mol. The lowest BCUT2D eigenvalue weighted by molar-refractivity contribution is 0.839. The maximum atomic E-state index is 5.28. The fourth-order valence-corrected chi connectivity index (χ4v) is 2.71. The Morgan fingerprint density at radius 3 is 2.88 bits per heavy atom. The molecule has 3 rings (SSSR count). The van der Waals surface area contributed by atoms with Crippen LogP contribution in [0.2, 0.25) is 0 Å². The number of aromatic nitrogens is 2. The van der Waals surface area contributed by atoms with E-state index >= 15 is 0 Å². The van der Waals surface area contributed by atoms with Crippen LogP contribution in [0.5, 0.6) is 0 Å². The molecule has 6 heteroatoms. The van der Waals surface area contributed by atoms with Gasteiger partial charge in [-0.2, -0.15) is 5.10 Å². The van der Waals surface area contributed by atoms with Crippen molar-refractivity contribution in [2.75, 3.05) is 6.54 Å². The molecule has 0 fully saturated rings. The van der Waals surface area contributed by atoms with Crippen molar-refractivity contribution in [3.8, 4) is 0 Å². The SMILES string of the molecule is C/C(=N\NC(=S)NCCc1c[nH]c2ccccc12)c1ccc(C)cn1. The number of rotatable bonds is 5. The zero-order valence-electron chi connectivity index (χ0n) is 14.3. The Kier molecular flexibility index (Phi) is 5.40. The summed E-state index contributed by atoms with van der Waals surface area (Å²) in [4.78, 5) is 7.63. The molecule has 0 radical (unpaired) electrons. The second-order valence-electron chi connectivity index (χ2n) is 5.90. The topological polar surface area (TPSA) is 65.1 Å². The summed E-state index contributed by atoms with van der Waals surface area (Å²) in [6.07, 6.45) is 4.76. The van der Waals surface area contributed by atoms with Crippen LogP contribution in [0.15, 0.2) is 53.9 Å². The Morgan fingerprint density at radius 2 is 2.08 bits per heavy atom. The van der Waals surface area contributed by atoms with E-state index in [9.17, 15) is 0 Å². The largest absolute Gasteiger partial charge is 0.361 e. The summed E-state index contributed by atoms with van der Waals surface area (Å²) in [6.45, 7) is 4.65. The van der Waals surface area contributed by atoms with Crippen LogP contribution in [0.25, 0.3) is 10.9 Å². The Bertz CT molecular complexity index is 896. The van der Waals surface area contributed by atoms with Crippen LogP contribution in [0.1, 0.15) is 23.7 Å². The van der Waals surface area contributed by atoms with Crippen molar-refractivity contribution < 1.29 is 0 Å². The number of thiocarbonyl (C=S) groups is 1. The van der Waals surface area contributed by atoms with Crippen LogP contribution in [-0.2, 0) is 6.42 Å². The van der Waals surface area contributed by atoms with Crippen molar-refractivity contribution in [3.05, 3.63) is 65.6 Å². The molecule has 2 aromatic heterocycles. The first kappa shape index (κ1) is 17.1. The molecule has 0 atom stereocenters. The number of aromatic amines is 1. The van der Waals surface area contributed by atoms with E-state index in [-0.39, 0.29) is 0 Å². The molecule has 2 heterocycles. The van der Waals surface area contributed by atoms with Gasteiger partial charge in [-0.15, -0.1) is 0 Å². The molecular weight excluding hydrogens is 330 g/mol. The van der Waals surface area contributed by atoms with Gasteiger partial charge in [0.1, 0.15) is 0 Å². The molecule has 3 aromatic rings. The maximum absolute atomic E-state index is 5.28. The lowest BCUT2D eigenvalue weighted by atomic mass is 10.1. The second kappa shape index (κ2) is 7.90.